The number of hydrogen-bond acceptors (Lipinski definition) is 5. The Morgan fingerprint density at radius 1 is 1.04 bits per heavy atom. The first-order valence-corrected chi connectivity index (χ1v) is 8.76. The smallest absolute Gasteiger partial charge is 0.338 e. The summed E-state index contributed by atoms with van der Waals surface area (Å²) in [7, 11) is 0. The molecule has 0 radical (unpaired) electrons. The molecule has 148 valence electrons. The fourth-order valence-electron chi connectivity index (χ4n) is 2.71. The van der Waals surface area contributed by atoms with Gasteiger partial charge in [-0.3, -0.25) is 4.79 Å². The molecule has 0 aromatic heterocycles. The number of rotatable bonds is 6. The number of halogens is 2. The summed E-state index contributed by atoms with van der Waals surface area (Å²) in [6.45, 7) is 2.95. The molecule has 0 N–H and O–H groups in total. The number of hydrogen-bond donors (Lipinski definition) is 0. The van der Waals surface area contributed by atoms with Crippen LogP contribution in [0, 0.1) is 11.6 Å². The second kappa shape index (κ2) is 8.69. The van der Waals surface area contributed by atoms with E-state index in [2.05, 4.69) is 0 Å². The van der Waals surface area contributed by atoms with Gasteiger partial charge < -0.3 is 19.1 Å². The van der Waals surface area contributed by atoms with Crippen molar-refractivity contribution in [3.05, 3.63) is 59.2 Å². The minimum absolute atomic E-state index is 0.165. The third kappa shape index (κ3) is 4.57. The van der Waals surface area contributed by atoms with Gasteiger partial charge in [-0.1, -0.05) is 6.07 Å². The highest BCUT2D eigenvalue weighted by atomic mass is 19.2. The average molecular weight is 391 g/mol. The highest BCUT2D eigenvalue weighted by molar-refractivity contribution is 5.91. The third-order valence-corrected chi connectivity index (χ3v) is 4.20. The standard InChI is InChI=1S/C20H19F2NO5/c1-2-23(11-13-3-6-17-18(9-13)27-8-7-26-17)19(24)12-28-20(25)14-4-5-15(21)16(22)10-14/h3-6,9-10H,2,7-8,11-12H2,1H3. The Kier molecular flexibility index (Phi) is 6.08. The van der Waals surface area contributed by atoms with Crippen molar-refractivity contribution in [2.24, 2.45) is 0 Å². The summed E-state index contributed by atoms with van der Waals surface area (Å²) in [4.78, 5) is 25.8. The number of fused-ring (bicyclic) bond motifs is 1. The first-order valence-electron chi connectivity index (χ1n) is 8.76. The van der Waals surface area contributed by atoms with E-state index in [-0.39, 0.29) is 5.56 Å². The number of carbonyl (C=O) groups is 2. The molecule has 1 aliphatic heterocycles. The maximum Gasteiger partial charge on any atom is 0.338 e. The van der Waals surface area contributed by atoms with E-state index in [1.807, 2.05) is 6.07 Å². The van der Waals surface area contributed by atoms with Crippen LogP contribution in [0.3, 0.4) is 0 Å². The molecule has 6 nitrogen and oxygen atoms in total. The molecule has 3 rings (SSSR count). The van der Waals surface area contributed by atoms with E-state index in [1.165, 1.54) is 4.90 Å². The van der Waals surface area contributed by atoms with Gasteiger partial charge in [0.1, 0.15) is 13.2 Å². The molecular weight excluding hydrogens is 372 g/mol. The summed E-state index contributed by atoms with van der Waals surface area (Å²) in [5.41, 5.74) is 0.674. The second-order valence-corrected chi connectivity index (χ2v) is 6.09. The van der Waals surface area contributed by atoms with Crippen LogP contribution in [0.15, 0.2) is 36.4 Å². The zero-order chi connectivity index (χ0) is 20.1. The summed E-state index contributed by atoms with van der Waals surface area (Å²) in [5.74, 6) is -2.25. The fraction of sp³-hybridized carbons (Fsp3) is 0.300. The van der Waals surface area contributed by atoms with Crippen LogP contribution in [0.2, 0.25) is 0 Å². The van der Waals surface area contributed by atoms with E-state index in [0.29, 0.717) is 37.8 Å². The van der Waals surface area contributed by atoms with Crippen molar-refractivity contribution >= 4 is 11.9 Å². The van der Waals surface area contributed by atoms with Crippen molar-refractivity contribution in [1.29, 1.82) is 0 Å². The van der Waals surface area contributed by atoms with Gasteiger partial charge in [0.25, 0.3) is 5.91 Å². The molecule has 0 bridgehead atoms. The highest BCUT2D eigenvalue weighted by Crippen LogP contribution is 2.31. The molecule has 0 atom stereocenters. The Balaban J connectivity index is 1.58. The van der Waals surface area contributed by atoms with Gasteiger partial charge in [0.15, 0.2) is 29.7 Å². The molecule has 1 aliphatic rings. The zero-order valence-corrected chi connectivity index (χ0v) is 15.2. The number of esters is 1. The van der Waals surface area contributed by atoms with Crippen molar-refractivity contribution < 1.29 is 32.6 Å². The predicted octanol–water partition coefficient (Wildman–Crippen LogP) is 2.94. The van der Waals surface area contributed by atoms with Crippen LogP contribution in [-0.2, 0) is 16.1 Å². The van der Waals surface area contributed by atoms with Gasteiger partial charge in [-0.05, 0) is 42.8 Å². The largest absolute Gasteiger partial charge is 0.486 e. The van der Waals surface area contributed by atoms with Gasteiger partial charge in [0.2, 0.25) is 0 Å². The van der Waals surface area contributed by atoms with Gasteiger partial charge >= 0.3 is 5.97 Å². The minimum Gasteiger partial charge on any atom is -0.486 e. The summed E-state index contributed by atoms with van der Waals surface area (Å²) in [6, 6.07) is 8.07. The van der Waals surface area contributed by atoms with Gasteiger partial charge in [0.05, 0.1) is 5.56 Å². The fourth-order valence-corrected chi connectivity index (χ4v) is 2.71. The Morgan fingerprint density at radius 3 is 2.50 bits per heavy atom. The molecule has 0 spiro atoms. The molecule has 1 heterocycles. The molecule has 0 saturated carbocycles. The van der Waals surface area contributed by atoms with Gasteiger partial charge in [0, 0.05) is 13.1 Å². The summed E-state index contributed by atoms with van der Waals surface area (Å²) in [5, 5.41) is 0. The molecule has 0 fully saturated rings. The number of amides is 1. The van der Waals surface area contributed by atoms with E-state index < -0.39 is 30.1 Å². The number of ether oxygens (including phenoxy) is 3. The summed E-state index contributed by atoms with van der Waals surface area (Å²) < 4.78 is 42.1. The number of nitrogens with zero attached hydrogens (tertiary/aromatic N) is 1. The molecule has 2 aromatic rings. The van der Waals surface area contributed by atoms with Gasteiger partial charge in [-0.2, -0.15) is 0 Å². The average Bonchev–Trinajstić information content (AvgIpc) is 2.71. The zero-order valence-electron chi connectivity index (χ0n) is 15.2. The lowest BCUT2D eigenvalue weighted by Crippen LogP contribution is -2.34. The van der Waals surface area contributed by atoms with E-state index >= 15 is 0 Å². The van der Waals surface area contributed by atoms with Crippen molar-refractivity contribution in [2.75, 3.05) is 26.4 Å². The SMILES string of the molecule is CCN(Cc1ccc2c(c1)OCCO2)C(=O)COC(=O)c1ccc(F)c(F)c1. The van der Waals surface area contributed by atoms with Gasteiger partial charge in [-0.25, -0.2) is 13.6 Å². The first-order chi connectivity index (χ1) is 13.5. The summed E-state index contributed by atoms with van der Waals surface area (Å²) >= 11 is 0. The van der Waals surface area contributed by atoms with Crippen LogP contribution in [0.1, 0.15) is 22.8 Å². The predicted molar refractivity (Wildman–Crippen MR) is 95.2 cm³/mol. The normalized spacial score (nSPS) is 12.4. The Morgan fingerprint density at radius 2 is 1.79 bits per heavy atom. The lowest BCUT2D eigenvalue weighted by molar-refractivity contribution is -0.134. The Bertz CT molecular complexity index is 887. The molecule has 8 heteroatoms. The van der Waals surface area contributed by atoms with Crippen LogP contribution in [0.25, 0.3) is 0 Å². The van der Waals surface area contributed by atoms with Crippen LogP contribution in [0.4, 0.5) is 8.78 Å². The number of likely N-dealkylation sites (N-methyl/N-ethyl adjacent to an activating group) is 1. The molecule has 2 aromatic carbocycles. The molecule has 1 amide bonds. The monoisotopic (exact) mass is 391 g/mol. The third-order valence-electron chi connectivity index (χ3n) is 4.20. The van der Waals surface area contributed by atoms with Crippen molar-refractivity contribution in [3.8, 4) is 11.5 Å². The molecule has 28 heavy (non-hydrogen) atoms. The summed E-state index contributed by atoms with van der Waals surface area (Å²) in [6.07, 6.45) is 0. The maximum atomic E-state index is 13.2. The first kappa shape index (κ1) is 19.6. The minimum atomic E-state index is -1.16. The van der Waals surface area contributed by atoms with Crippen molar-refractivity contribution in [3.63, 3.8) is 0 Å². The quantitative estimate of drug-likeness (QED) is 0.709. The Labute approximate surface area is 160 Å². The lowest BCUT2D eigenvalue weighted by atomic mass is 10.1. The van der Waals surface area contributed by atoms with Crippen LogP contribution in [-0.4, -0.2) is 43.1 Å². The number of carbonyl (C=O) groups excluding carboxylic acids is 2. The molecule has 0 unspecified atom stereocenters. The van der Waals surface area contributed by atoms with Crippen LogP contribution < -0.4 is 9.47 Å². The number of benzene rings is 2. The lowest BCUT2D eigenvalue weighted by Gasteiger charge is -2.23. The maximum absolute atomic E-state index is 13.2. The van der Waals surface area contributed by atoms with Crippen LogP contribution >= 0.6 is 0 Å². The van der Waals surface area contributed by atoms with E-state index in [4.69, 9.17) is 14.2 Å². The molecule has 0 aliphatic carbocycles. The molecule has 0 saturated heterocycles. The van der Waals surface area contributed by atoms with Gasteiger partial charge in [-0.15, -0.1) is 0 Å². The Hall–Kier alpha value is -3.16. The molecular formula is C20H19F2NO5. The van der Waals surface area contributed by atoms with Crippen molar-refractivity contribution in [2.45, 2.75) is 13.5 Å². The topological polar surface area (TPSA) is 65.1 Å². The van der Waals surface area contributed by atoms with Crippen LogP contribution in [0.5, 0.6) is 11.5 Å². The van der Waals surface area contributed by atoms with E-state index in [9.17, 15) is 18.4 Å². The van der Waals surface area contributed by atoms with Crippen molar-refractivity contribution in [1.82, 2.24) is 4.90 Å². The highest BCUT2D eigenvalue weighted by Gasteiger charge is 2.18. The second-order valence-electron chi connectivity index (χ2n) is 6.09. The van der Waals surface area contributed by atoms with E-state index in [0.717, 1.165) is 23.8 Å². The van der Waals surface area contributed by atoms with E-state index in [1.54, 1.807) is 19.1 Å².